The topological polar surface area (TPSA) is 74.7 Å². The van der Waals surface area contributed by atoms with Gasteiger partial charge in [0.1, 0.15) is 11.9 Å². The van der Waals surface area contributed by atoms with Crippen LogP contribution < -0.4 is 0 Å². The molecular weight excluding hydrogens is 306 g/mol. The van der Waals surface area contributed by atoms with Crippen molar-refractivity contribution in [2.75, 3.05) is 13.1 Å². The fourth-order valence-electron chi connectivity index (χ4n) is 3.55. The number of β-amino-alcohol motifs (C(OH)–C–C–N with tert-alkyl or cyclic N) is 1. The Morgan fingerprint density at radius 3 is 2.88 bits per heavy atom. The largest absolute Gasteiger partial charge is 0.467 e. The van der Waals surface area contributed by atoms with Crippen LogP contribution in [0.5, 0.6) is 0 Å². The van der Waals surface area contributed by atoms with Crippen molar-refractivity contribution < 1.29 is 14.6 Å². The Labute approximate surface area is 142 Å². The summed E-state index contributed by atoms with van der Waals surface area (Å²) in [6.45, 7) is 2.07. The standard InChI is InChI=1S/C18H27N3O3/c22-16(14-21-10-5-8-19-21)13-20-9-3-1-2-6-15(20)12-17(23)18-7-4-11-24-18/h4-5,7-8,10-11,15-17,22-23H,1-3,6,9,12-14H2. The van der Waals surface area contributed by atoms with Gasteiger partial charge in [-0.1, -0.05) is 12.8 Å². The van der Waals surface area contributed by atoms with Crippen molar-refractivity contribution in [3.63, 3.8) is 0 Å². The van der Waals surface area contributed by atoms with E-state index in [1.165, 1.54) is 12.8 Å². The molecule has 3 atom stereocenters. The van der Waals surface area contributed by atoms with Crippen molar-refractivity contribution in [1.29, 1.82) is 0 Å². The van der Waals surface area contributed by atoms with E-state index < -0.39 is 12.2 Å². The van der Waals surface area contributed by atoms with Crippen LogP contribution in [0, 0.1) is 0 Å². The van der Waals surface area contributed by atoms with Crippen LogP contribution in [0.3, 0.4) is 0 Å². The molecule has 2 aromatic rings. The summed E-state index contributed by atoms with van der Waals surface area (Å²) in [6, 6.07) is 5.75. The van der Waals surface area contributed by atoms with Crippen molar-refractivity contribution in [1.82, 2.24) is 14.7 Å². The SMILES string of the molecule is OC(CN1CCCCCC1CC(O)c1ccco1)Cn1cccn1. The van der Waals surface area contributed by atoms with E-state index in [0.29, 0.717) is 25.3 Å². The average molecular weight is 333 g/mol. The molecule has 0 aromatic carbocycles. The lowest BCUT2D eigenvalue weighted by Crippen LogP contribution is -2.42. The van der Waals surface area contributed by atoms with Gasteiger partial charge in [0.25, 0.3) is 0 Å². The van der Waals surface area contributed by atoms with Crippen molar-refractivity contribution in [2.24, 2.45) is 0 Å². The minimum Gasteiger partial charge on any atom is -0.467 e. The van der Waals surface area contributed by atoms with Crippen LogP contribution in [-0.4, -0.2) is 50.1 Å². The molecule has 132 valence electrons. The van der Waals surface area contributed by atoms with E-state index >= 15 is 0 Å². The van der Waals surface area contributed by atoms with Gasteiger partial charge in [0.2, 0.25) is 0 Å². The average Bonchev–Trinajstić information content (AvgIpc) is 3.22. The predicted octanol–water partition coefficient (Wildman–Crippen LogP) is 2.21. The Kier molecular flexibility index (Phi) is 6.07. The smallest absolute Gasteiger partial charge is 0.132 e. The zero-order chi connectivity index (χ0) is 16.8. The van der Waals surface area contributed by atoms with Crippen molar-refractivity contribution in [3.8, 4) is 0 Å². The van der Waals surface area contributed by atoms with Crippen LogP contribution in [0.4, 0.5) is 0 Å². The third-order valence-corrected chi connectivity index (χ3v) is 4.77. The molecule has 6 heteroatoms. The molecule has 3 unspecified atom stereocenters. The molecule has 3 heterocycles. The molecule has 1 aliphatic rings. The molecule has 1 saturated heterocycles. The molecule has 0 amide bonds. The van der Waals surface area contributed by atoms with E-state index in [1.807, 2.05) is 18.3 Å². The lowest BCUT2D eigenvalue weighted by Gasteiger charge is -2.32. The van der Waals surface area contributed by atoms with E-state index in [4.69, 9.17) is 4.42 Å². The minimum absolute atomic E-state index is 0.264. The Morgan fingerprint density at radius 1 is 1.21 bits per heavy atom. The third-order valence-electron chi connectivity index (χ3n) is 4.77. The first kappa shape index (κ1) is 17.2. The molecular formula is C18H27N3O3. The van der Waals surface area contributed by atoms with Gasteiger partial charge < -0.3 is 14.6 Å². The fourth-order valence-corrected chi connectivity index (χ4v) is 3.55. The van der Waals surface area contributed by atoms with Gasteiger partial charge in [-0.25, -0.2) is 0 Å². The molecule has 0 bridgehead atoms. The number of aliphatic hydroxyl groups is 2. The van der Waals surface area contributed by atoms with Crippen molar-refractivity contribution >= 4 is 0 Å². The van der Waals surface area contributed by atoms with Gasteiger partial charge in [-0.3, -0.25) is 9.58 Å². The van der Waals surface area contributed by atoms with Gasteiger partial charge in [0.15, 0.2) is 0 Å². The number of aliphatic hydroxyl groups excluding tert-OH is 2. The van der Waals surface area contributed by atoms with Gasteiger partial charge in [0, 0.05) is 25.0 Å². The maximum Gasteiger partial charge on any atom is 0.132 e. The van der Waals surface area contributed by atoms with Crippen LogP contribution in [0.15, 0.2) is 41.3 Å². The van der Waals surface area contributed by atoms with Crippen LogP contribution in [0.2, 0.25) is 0 Å². The third kappa shape index (κ3) is 4.69. The molecule has 0 radical (unpaired) electrons. The van der Waals surface area contributed by atoms with E-state index in [1.54, 1.807) is 23.2 Å². The zero-order valence-corrected chi connectivity index (χ0v) is 14.0. The molecule has 3 rings (SSSR count). The van der Waals surface area contributed by atoms with Crippen molar-refractivity contribution in [3.05, 3.63) is 42.6 Å². The van der Waals surface area contributed by atoms with E-state index in [0.717, 1.165) is 19.4 Å². The molecule has 2 N–H and O–H groups in total. The Balaban J connectivity index is 1.59. The summed E-state index contributed by atoms with van der Waals surface area (Å²) < 4.78 is 7.08. The van der Waals surface area contributed by atoms with Gasteiger partial charge in [-0.15, -0.1) is 0 Å². The second-order valence-electron chi connectivity index (χ2n) is 6.65. The van der Waals surface area contributed by atoms with Crippen LogP contribution in [0.25, 0.3) is 0 Å². The fraction of sp³-hybridized carbons (Fsp3) is 0.611. The number of hydrogen-bond donors (Lipinski definition) is 2. The number of nitrogens with zero attached hydrogens (tertiary/aromatic N) is 3. The summed E-state index contributed by atoms with van der Waals surface area (Å²) in [6.07, 6.45) is 9.33. The lowest BCUT2D eigenvalue weighted by molar-refractivity contribution is 0.0461. The summed E-state index contributed by atoms with van der Waals surface area (Å²) in [5, 5.41) is 25.0. The Morgan fingerprint density at radius 2 is 2.12 bits per heavy atom. The summed E-state index contributed by atoms with van der Waals surface area (Å²) >= 11 is 0. The monoisotopic (exact) mass is 333 g/mol. The molecule has 0 spiro atoms. The lowest BCUT2D eigenvalue weighted by atomic mass is 10.0. The second-order valence-corrected chi connectivity index (χ2v) is 6.65. The number of hydrogen-bond acceptors (Lipinski definition) is 5. The molecule has 6 nitrogen and oxygen atoms in total. The molecule has 0 aliphatic carbocycles. The molecule has 0 saturated carbocycles. The first-order valence-corrected chi connectivity index (χ1v) is 8.83. The van der Waals surface area contributed by atoms with Gasteiger partial charge in [-0.2, -0.15) is 5.10 Å². The predicted molar refractivity (Wildman–Crippen MR) is 90.3 cm³/mol. The molecule has 2 aromatic heterocycles. The highest BCUT2D eigenvalue weighted by atomic mass is 16.4. The Bertz CT molecular complexity index is 570. The van der Waals surface area contributed by atoms with E-state index in [2.05, 4.69) is 10.00 Å². The quantitative estimate of drug-likeness (QED) is 0.812. The highest BCUT2D eigenvalue weighted by Gasteiger charge is 2.26. The first-order valence-electron chi connectivity index (χ1n) is 8.83. The summed E-state index contributed by atoms with van der Waals surface area (Å²) in [7, 11) is 0. The minimum atomic E-state index is -0.589. The maximum atomic E-state index is 10.4. The maximum absolute atomic E-state index is 10.4. The number of likely N-dealkylation sites (tertiary alicyclic amines) is 1. The van der Waals surface area contributed by atoms with Crippen LogP contribution in [-0.2, 0) is 6.54 Å². The number of furan rings is 1. The molecule has 24 heavy (non-hydrogen) atoms. The van der Waals surface area contributed by atoms with Gasteiger partial charge >= 0.3 is 0 Å². The first-order chi connectivity index (χ1) is 11.7. The molecule has 1 aliphatic heterocycles. The normalized spacial score (nSPS) is 22.2. The van der Waals surface area contributed by atoms with Crippen LogP contribution in [0.1, 0.15) is 44.0 Å². The zero-order valence-electron chi connectivity index (χ0n) is 14.0. The van der Waals surface area contributed by atoms with Crippen LogP contribution >= 0.6 is 0 Å². The van der Waals surface area contributed by atoms with E-state index in [-0.39, 0.29) is 6.04 Å². The summed E-state index contributed by atoms with van der Waals surface area (Å²) in [5.41, 5.74) is 0. The van der Waals surface area contributed by atoms with Crippen molar-refractivity contribution in [2.45, 2.75) is 56.9 Å². The summed E-state index contributed by atoms with van der Waals surface area (Å²) in [4.78, 5) is 2.33. The van der Waals surface area contributed by atoms with E-state index in [9.17, 15) is 10.2 Å². The molecule has 1 fully saturated rings. The number of rotatable bonds is 7. The summed E-state index contributed by atoms with van der Waals surface area (Å²) in [5.74, 6) is 0.622. The Hall–Kier alpha value is -1.63. The van der Waals surface area contributed by atoms with Gasteiger partial charge in [-0.05, 0) is 44.0 Å². The second kappa shape index (κ2) is 8.46. The highest BCUT2D eigenvalue weighted by Crippen LogP contribution is 2.26. The van der Waals surface area contributed by atoms with Gasteiger partial charge in [0.05, 0.1) is 18.9 Å². The number of aromatic nitrogens is 2. The highest BCUT2D eigenvalue weighted by molar-refractivity contribution is 5.02.